The van der Waals surface area contributed by atoms with Crippen molar-refractivity contribution in [2.45, 2.75) is 12.5 Å². The second-order valence-corrected chi connectivity index (χ2v) is 5.12. The van der Waals surface area contributed by atoms with Crippen LogP contribution >= 0.6 is 0 Å². The molecule has 0 aliphatic carbocycles. The molecule has 2 aliphatic heterocycles. The fraction of sp³-hybridized carbons (Fsp3) is 0.500. The van der Waals surface area contributed by atoms with Crippen LogP contribution in [0.2, 0.25) is 0 Å². The Kier molecular flexibility index (Phi) is 3.14. The van der Waals surface area contributed by atoms with Gasteiger partial charge in [-0.1, -0.05) is 0 Å². The van der Waals surface area contributed by atoms with E-state index in [4.69, 9.17) is 4.74 Å². The summed E-state index contributed by atoms with van der Waals surface area (Å²) in [6.07, 6.45) is 1.04. The highest BCUT2D eigenvalue weighted by Gasteiger charge is 2.40. The third kappa shape index (κ3) is 2.08. The molecule has 1 N–H and O–H groups in total. The van der Waals surface area contributed by atoms with E-state index in [9.17, 15) is 9.18 Å². The number of hydrogen-bond donors (Lipinski definition) is 1. The lowest BCUT2D eigenvalue weighted by molar-refractivity contribution is 0.0736. The highest BCUT2D eigenvalue weighted by Crippen LogP contribution is 2.29. The topological polar surface area (TPSA) is 41.6 Å². The predicted molar refractivity (Wildman–Crippen MR) is 68.8 cm³/mol. The van der Waals surface area contributed by atoms with E-state index in [2.05, 4.69) is 5.32 Å². The number of rotatable bonds is 2. The van der Waals surface area contributed by atoms with E-state index in [0.29, 0.717) is 11.5 Å². The number of fused-ring (bicyclic) bond motifs is 1. The Morgan fingerprint density at radius 1 is 1.47 bits per heavy atom. The first kappa shape index (κ1) is 12.4. The number of carbonyl (C=O) groups is 1. The number of carbonyl (C=O) groups excluding carboxylic acids is 1. The molecule has 0 aromatic heterocycles. The van der Waals surface area contributed by atoms with Gasteiger partial charge in [-0.25, -0.2) is 4.39 Å². The maximum Gasteiger partial charge on any atom is 0.254 e. The molecular formula is C14H17FN2O2. The normalized spacial score (nSPS) is 25.5. The minimum Gasteiger partial charge on any atom is -0.494 e. The highest BCUT2D eigenvalue weighted by atomic mass is 19.1. The van der Waals surface area contributed by atoms with Crippen LogP contribution in [0.5, 0.6) is 5.75 Å². The van der Waals surface area contributed by atoms with Crippen LogP contribution in [0.4, 0.5) is 4.39 Å². The molecule has 2 fully saturated rings. The van der Waals surface area contributed by atoms with Gasteiger partial charge >= 0.3 is 0 Å². The second kappa shape index (κ2) is 4.81. The standard InChI is InChI=1S/C14H17FN2O2/c1-19-13-6-9(2-3-11(13)15)14(18)17-5-4-10-7-16-8-12(10)17/h2-3,6,10,12,16H,4-5,7-8H2,1H3/t10-,12+/m0/s1. The number of hydrogen-bond acceptors (Lipinski definition) is 3. The average Bonchev–Trinajstić information content (AvgIpc) is 3.01. The van der Waals surface area contributed by atoms with Crippen molar-refractivity contribution in [3.63, 3.8) is 0 Å². The van der Waals surface area contributed by atoms with E-state index >= 15 is 0 Å². The van der Waals surface area contributed by atoms with Gasteiger partial charge in [0.05, 0.1) is 7.11 Å². The quantitative estimate of drug-likeness (QED) is 0.874. The Labute approximate surface area is 111 Å². The average molecular weight is 264 g/mol. The summed E-state index contributed by atoms with van der Waals surface area (Å²) in [6, 6.07) is 4.57. The number of nitrogens with one attached hydrogen (secondary N) is 1. The van der Waals surface area contributed by atoms with Gasteiger partial charge in [-0.3, -0.25) is 4.79 Å². The molecule has 3 rings (SSSR count). The van der Waals surface area contributed by atoms with Crippen LogP contribution in [0.1, 0.15) is 16.8 Å². The number of methoxy groups -OCH3 is 1. The lowest BCUT2D eigenvalue weighted by Crippen LogP contribution is -2.39. The number of nitrogens with zero attached hydrogens (tertiary/aromatic N) is 1. The lowest BCUT2D eigenvalue weighted by Gasteiger charge is -2.23. The molecule has 0 spiro atoms. The Morgan fingerprint density at radius 3 is 3.11 bits per heavy atom. The number of likely N-dealkylation sites (tertiary alicyclic amines) is 1. The fourth-order valence-corrected chi connectivity index (χ4v) is 3.06. The third-order valence-electron chi connectivity index (χ3n) is 4.10. The van der Waals surface area contributed by atoms with Gasteiger partial charge in [0.2, 0.25) is 0 Å². The van der Waals surface area contributed by atoms with Crippen LogP contribution in [0, 0.1) is 11.7 Å². The van der Waals surface area contributed by atoms with E-state index in [1.165, 1.54) is 25.3 Å². The molecule has 1 aromatic carbocycles. The van der Waals surface area contributed by atoms with E-state index in [-0.39, 0.29) is 17.7 Å². The fourth-order valence-electron chi connectivity index (χ4n) is 3.06. The summed E-state index contributed by atoms with van der Waals surface area (Å²) < 4.78 is 18.3. The summed E-state index contributed by atoms with van der Waals surface area (Å²) >= 11 is 0. The zero-order valence-corrected chi connectivity index (χ0v) is 10.9. The number of ether oxygens (including phenoxy) is 1. The molecular weight excluding hydrogens is 247 g/mol. The van der Waals surface area contributed by atoms with Crippen molar-refractivity contribution in [3.05, 3.63) is 29.6 Å². The van der Waals surface area contributed by atoms with Crippen LogP contribution in [-0.4, -0.2) is 43.6 Å². The minimum atomic E-state index is -0.444. The zero-order chi connectivity index (χ0) is 13.4. The third-order valence-corrected chi connectivity index (χ3v) is 4.10. The molecule has 2 heterocycles. The monoisotopic (exact) mass is 264 g/mol. The summed E-state index contributed by atoms with van der Waals surface area (Å²) in [5.41, 5.74) is 0.491. The Balaban J connectivity index is 1.84. The summed E-state index contributed by atoms with van der Waals surface area (Å²) in [5.74, 6) is 0.202. The van der Waals surface area contributed by atoms with Crippen molar-refractivity contribution in [3.8, 4) is 5.75 Å². The highest BCUT2D eigenvalue weighted by molar-refractivity contribution is 5.95. The van der Waals surface area contributed by atoms with Gasteiger partial charge in [0.1, 0.15) is 0 Å². The first-order chi connectivity index (χ1) is 9.20. The predicted octanol–water partition coefficient (Wildman–Crippen LogP) is 1.27. The molecule has 5 heteroatoms. The summed E-state index contributed by atoms with van der Waals surface area (Å²) in [6.45, 7) is 2.63. The first-order valence-corrected chi connectivity index (χ1v) is 6.56. The van der Waals surface area contributed by atoms with Crippen LogP contribution in [0.25, 0.3) is 0 Å². The van der Waals surface area contributed by atoms with Gasteiger partial charge in [0, 0.05) is 31.2 Å². The van der Waals surface area contributed by atoms with Crippen LogP contribution in [0.15, 0.2) is 18.2 Å². The molecule has 2 atom stereocenters. The molecule has 1 aromatic rings. The molecule has 0 saturated carbocycles. The Morgan fingerprint density at radius 2 is 2.32 bits per heavy atom. The van der Waals surface area contributed by atoms with Gasteiger partial charge in [-0.05, 0) is 30.5 Å². The van der Waals surface area contributed by atoms with Crippen molar-refractivity contribution < 1.29 is 13.9 Å². The van der Waals surface area contributed by atoms with E-state index in [1.807, 2.05) is 4.90 Å². The van der Waals surface area contributed by atoms with Gasteiger partial charge in [0.25, 0.3) is 5.91 Å². The van der Waals surface area contributed by atoms with E-state index in [1.54, 1.807) is 0 Å². The first-order valence-electron chi connectivity index (χ1n) is 6.56. The molecule has 4 nitrogen and oxygen atoms in total. The smallest absolute Gasteiger partial charge is 0.254 e. The van der Waals surface area contributed by atoms with Crippen LogP contribution in [-0.2, 0) is 0 Å². The minimum absolute atomic E-state index is 0.0329. The largest absolute Gasteiger partial charge is 0.494 e. The summed E-state index contributed by atoms with van der Waals surface area (Å²) in [5, 5.41) is 3.31. The van der Waals surface area contributed by atoms with E-state index < -0.39 is 5.82 Å². The van der Waals surface area contributed by atoms with Gasteiger partial charge in [-0.2, -0.15) is 0 Å². The maximum atomic E-state index is 13.4. The Hall–Kier alpha value is -1.62. The molecule has 19 heavy (non-hydrogen) atoms. The van der Waals surface area contributed by atoms with Gasteiger partial charge < -0.3 is 15.0 Å². The summed E-state index contributed by atoms with van der Waals surface area (Å²) in [4.78, 5) is 14.4. The van der Waals surface area contributed by atoms with Crippen molar-refractivity contribution in [2.24, 2.45) is 5.92 Å². The van der Waals surface area contributed by atoms with Crippen molar-refractivity contribution >= 4 is 5.91 Å². The van der Waals surface area contributed by atoms with Crippen molar-refractivity contribution in [1.82, 2.24) is 10.2 Å². The van der Waals surface area contributed by atoms with E-state index in [0.717, 1.165) is 26.1 Å². The van der Waals surface area contributed by atoms with Crippen LogP contribution in [0.3, 0.4) is 0 Å². The number of amides is 1. The van der Waals surface area contributed by atoms with Crippen molar-refractivity contribution in [1.29, 1.82) is 0 Å². The number of halogens is 1. The van der Waals surface area contributed by atoms with Crippen LogP contribution < -0.4 is 10.1 Å². The van der Waals surface area contributed by atoms with Crippen molar-refractivity contribution in [2.75, 3.05) is 26.7 Å². The molecule has 102 valence electrons. The molecule has 1 amide bonds. The second-order valence-electron chi connectivity index (χ2n) is 5.12. The molecule has 2 aliphatic rings. The molecule has 0 unspecified atom stereocenters. The SMILES string of the molecule is COc1cc(C(=O)N2CC[C@H]3CNC[C@H]32)ccc1F. The van der Waals surface area contributed by atoms with Gasteiger partial charge in [0.15, 0.2) is 11.6 Å². The summed E-state index contributed by atoms with van der Waals surface area (Å²) in [7, 11) is 1.40. The Bertz CT molecular complexity index is 506. The molecule has 0 bridgehead atoms. The lowest BCUT2D eigenvalue weighted by atomic mass is 10.0. The zero-order valence-electron chi connectivity index (χ0n) is 10.9. The molecule has 0 radical (unpaired) electrons. The van der Waals surface area contributed by atoms with Gasteiger partial charge in [-0.15, -0.1) is 0 Å². The number of benzene rings is 1. The maximum absolute atomic E-state index is 13.4. The molecule has 2 saturated heterocycles.